The molecule has 5 rings (SSSR count). The van der Waals surface area contributed by atoms with Crippen LogP contribution in [0.1, 0.15) is 32.5 Å². The molecule has 7 heteroatoms. The van der Waals surface area contributed by atoms with Crippen LogP contribution in [0.5, 0.6) is 11.5 Å². The molecular weight excluding hydrogens is 398 g/mol. The smallest absolute Gasteiger partial charge is 0.274 e. The molecule has 0 fully saturated rings. The fourth-order valence-electron chi connectivity index (χ4n) is 4.10. The summed E-state index contributed by atoms with van der Waals surface area (Å²) < 4.78 is 12.9. The molecule has 4 heterocycles. The normalized spacial score (nSPS) is 15.8. The molecular formula is C23H21N3O3S. The Morgan fingerprint density at radius 1 is 1.13 bits per heavy atom. The minimum Gasteiger partial charge on any atom is -0.493 e. The fraction of sp³-hybridized carbons (Fsp3) is 0.217. The van der Waals surface area contributed by atoms with E-state index in [2.05, 4.69) is 11.1 Å². The van der Waals surface area contributed by atoms with Gasteiger partial charge in [-0.05, 0) is 53.3 Å². The molecule has 0 unspecified atom stereocenters. The SMILES string of the molecule is COc1cc2c(cc1OC)[C@@H](c1cccs1)N(C(=O)c1cn3ccccc3n1)CC2. The van der Waals surface area contributed by atoms with E-state index in [1.165, 1.54) is 5.56 Å². The maximum atomic E-state index is 13.6. The predicted octanol–water partition coefficient (Wildman–Crippen LogP) is 4.20. The van der Waals surface area contributed by atoms with Gasteiger partial charge in [0.1, 0.15) is 11.3 Å². The number of thiophene rings is 1. The van der Waals surface area contributed by atoms with E-state index in [1.54, 1.807) is 31.8 Å². The fourth-order valence-corrected chi connectivity index (χ4v) is 4.96. The van der Waals surface area contributed by atoms with E-state index in [-0.39, 0.29) is 11.9 Å². The zero-order chi connectivity index (χ0) is 20.7. The Morgan fingerprint density at radius 2 is 1.97 bits per heavy atom. The summed E-state index contributed by atoms with van der Waals surface area (Å²) in [6.07, 6.45) is 4.45. The number of rotatable bonds is 4. The van der Waals surface area contributed by atoms with Crippen molar-refractivity contribution in [3.05, 3.63) is 81.9 Å². The lowest BCUT2D eigenvalue weighted by molar-refractivity contribution is 0.0691. The third-order valence-electron chi connectivity index (χ3n) is 5.53. The van der Waals surface area contributed by atoms with Crippen molar-refractivity contribution < 1.29 is 14.3 Å². The van der Waals surface area contributed by atoms with E-state index in [1.807, 2.05) is 57.3 Å². The molecule has 1 atom stereocenters. The van der Waals surface area contributed by atoms with Gasteiger partial charge in [-0.2, -0.15) is 0 Å². The third kappa shape index (κ3) is 3.02. The first-order chi connectivity index (χ1) is 14.7. The Kier molecular flexibility index (Phi) is 4.67. The Labute approximate surface area is 178 Å². The lowest BCUT2D eigenvalue weighted by Crippen LogP contribution is -2.40. The number of hydrogen-bond acceptors (Lipinski definition) is 5. The maximum Gasteiger partial charge on any atom is 0.274 e. The monoisotopic (exact) mass is 419 g/mol. The number of fused-ring (bicyclic) bond motifs is 2. The first kappa shape index (κ1) is 18.7. The second-order valence-electron chi connectivity index (χ2n) is 7.16. The summed E-state index contributed by atoms with van der Waals surface area (Å²) in [5, 5.41) is 2.04. The molecule has 1 amide bonds. The summed E-state index contributed by atoms with van der Waals surface area (Å²) in [6, 6.07) is 13.7. The van der Waals surface area contributed by atoms with Gasteiger partial charge >= 0.3 is 0 Å². The van der Waals surface area contributed by atoms with Crippen LogP contribution in [0.4, 0.5) is 0 Å². The minimum atomic E-state index is -0.189. The number of aromatic nitrogens is 2. The molecule has 1 aliphatic heterocycles. The summed E-state index contributed by atoms with van der Waals surface area (Å²) in [5.41, 5.74) is 3.45. The quantitative estimate of drug-likeness (QED) is 0.497. The molecule has 4 aromatic rings. The molecule has 1 aromatic carbocycles. The summed E-state index contributed by atoms with van der Waals surface area (Å²) in [5.74, 6) is 1.30. The highest BCUT2D eigenvalue weighted by atomic mass is 32.1. The second-order valence-corrected chi connectivity index (χ2v) is 8.14. The lowest BCUT2D eigenvalue weighted by Gasteiger charge is -2.37. The van der Waals surface area contributed by atoms with Gasteiger partial charge in [0.25, 0.3) is 5.91 Å². The van der Waals surface area contributed by atoms with Crippen LogP contribution in [-0.4, -0.2) is 41.0 Å². The van der Waals surface area contributed by atoms with Crippen molar-refractivity contribution in [3.63, 3.8) is 0 Å². The largest absolute Gasteiger partial charge is 0.493 e. The number of carbonyl (C=O) groups is 1. The van der Waals surface area contributed by atoms with Crippen molar-refractivity contribution in [2.75, 3.05) is 20.8 Å². The summed E-state index contributed by atoms with van der Waals surface area (Å²) in [6.45, 7) is 0.609. The van der Waals surface area contributed by atoms with Gasteiger partial charge in [0.05, 0.1) is 20.3 Å². The number of carbonyl (C=O) groups excluding carboxylic acids is 1. The lowest BCUT2D eigenvalue weighted by atomic mass is 9.90. The minimum absolute atomic E-state index is 0.0717. The molecule has 152 valence electrons. The number of amides is 1. The Bertz CT molecular complexity index is 1180. The molecule has 0 N–H and O–H groups in total. The molecule has 0 aliphatic carbocycles. The maximum absolute atomic E-state index is 13.6. The standard InChI is InChI=1S/C23H21N3O3S/c1-28-18-12-15-8-10-26(23(27)17-14-25-9-4-3-7-21(25)24-17)22(20-6-5-11-30-20)16(15)13-19(18)29-2/h3-7,9,11-14,22H,8,10H2,1-2H3/t22-/m0/s1. The molecule has 3 aromatic heterocycles. The topological polar surface area (TPSA) is 56.1 Å². The van der Waals surface area contributed by atoms with Crippen LogP contribution in [0.15, 0.2) is 60.2 Å². The molecule has 0 bridgehead atoms. The van der Waals surface area contributed by atoms with Crippen LogP contribution in [0.3, 0.4) is 0 Å². The van der Waals surface area contributed by atoms with Gasteiger partial charge in [0.2, 0.25) is 0 Å². The van der Waals surface area contributed by atoms with E-state index in [4.69, 9.17) is 9.47 Å². The van der Waals surface area contributed by atoms with E-state index < -0.39 is 0 Å². The average molecular weight is 420 g/mol. The van der Waals surface area contributed by atoms with Crippen molar-refractivity contribution in [1.29, 1.82) is 0 Å². The molecule has 0 saturated heterocycles. The van der Waals surface area contributed by atoms with Crippen LogP contribution in [-0.2, 0) is 6.42 Å². The summed E-state index contributed by atoms with van der Waals surface area (Å²) in [4.78, 5) is 21.1. The Balaban J connectivity index is 1.61. The number of pyridine rings is 1. The number of imidazole rings is 1. The first-order valence-corrected chi connectivity index (χ1v) is 10.6. The summed E-state index contributed by atoms with van der Waals surface area (Å²) in [7, 11) is 3.27. The predicted molar refractivity (Wildman–Crippen MR) is 116 cm³/mol. The number of benzene rings is 1. The molecule has 6 nitrogen and oxygen atoms in total. The molecule has 0 saturated carbocycles. The number of nitrogens with zero attached hydrogens (tertiary/aromatic N) is 3. The van der Waals surface area contributed by atoms with Crippen molar-refractivity contribution in [2.45, 2.75) is 12.5 Å². The van der Waals surface area contributed by atoms with E-state index in [9.17, 15) is 4.79 Å². The highest BCUT2D eigenvalue weighted by molar-refractivity contribution is 7.10. The molecule has 0 spiro atoms. The third-order valence-corrected chi connectivity index (χ3v) is 6.46. The molecule has 30 heavy (non-hydrogen) atoms. The van der Waals surface area contributed by atoms with Crippen LogP contribution in [0.25, 0.3) is 5.65 Å². The van der Waals surface area contributed by atoms with Gasteiger partial charge in [-0.15, -0.1) is 11.3 Å². The second kappa shape index (κ2) is 7.50. The first-order valence-electron chi connectivity index (χ1n) is 9.72. The number of methoxy groups -OCH3 is 2. The zero-order valence-corrected chi connectivity index (χ0v) is 17.6. The summed E-state index contributed by atoms with van der Waals surface area (Å²) >= 11 is 1.65. The van der Waals surface area contributed by atoms with Gasteiger partial charge < -0.3 is 18.8 Å². The van der Waals surface area contributed by atoms with Crippen molar-refractivity contribution in [3.8, 4) is 11.5 Å². The van der Waals surface area contributed by atoms with Gasteiger partial charge in [0, 0.05) is 23.8 Å². The average Bonchev–Trinajstić information content (AvgIpc) is 3.46. The number of ether oxygens (including phenoxy) is 2. The van der Waals surface area contributed by atoms with Gasteiger partial charge in [-0.1, -0.05) is 12.1 Å². The Morgan fingerprint density at radius 3 is 2.70 bits per heavy atom. The van der Waals surface area contributed by atoms with E-state index >= 15 is 0 Å². The van der Waals surface area contributed by atoms with Crippen LogP contribution in [0, 0.1) is 0 Å². The highest BCUT2D eigenvalue weighted by Gasteiger charge is 2.35. The van der Waals surface area contributed by atoms with Crippen LogP contribution < -0.4 is 9.47 Å². The van der Waals surface area contributed by atoms with Gasteiger partial charge in [-0.25, -0.2) is 4.98 Å². The molecule has 1 aliphatic rings. The van der Waals surface area contributed by atoms with Crippen molar-refractivity contribution in [2.24, 2.45) is 0 Å². The Hall–Kier alpha value is -3.32. The van der Waals surface area contributed by atoms with Crippen molar-refractivity contribution in [1.82, 2.24) is 14.3 Å². The van der Waals surface area contributed by atoms with Crippen LogP contribution >= 0.6 is 11.3 Å². The van der Waals surface area contributed by atoms with Crippen LogP contribution in [0.2, 0.25) is 0 Å². The van der Waals surface area contributed by atoms with E-state index in [0.717, 1.165) is 22.5 Å². The van der Waals surface area contributed by atoms with Gasteiger partial charge in [0.15, 0.2) is 11.5 Å². The zero-order valence-electron chi connectivity index (χ0n) is 16.7. The molecule has 0 radical (unpaired) electrons. The van der Waals surface area contributed by atoms with Crippen molar-refractivity contribution >= 4 is 22.9 Å². The highest BCUT2D eigenvalue weighted by Crippen LogP contribution is 2.42. The van der Waals surface area contributed by atoms with E-state index in [0.29, 0.717) is 23.7 Å². The number of hydrogen-bond donors (Lipinski definition) is 0. The van der Waals surface area contributed by atoms with Gasteiger partial charge in [-0.3, -0.25) is 4.79 Å².